The zero-order valence-electron chi connectivity index (χ0n) is 10.4. The molecule has 0 radical (unpaired) electrons. The number of nitrogens with zero attached hydrogens (tertiary/aromatic N) is 1. The average Bonchev–Trinajstić information content (AvgIpc) is 2.93. The third-order valence-corrected chi connectivity index (χ3v) is 3.35. The summed E-state index contributed by atoms with van der Waals surface area (Å²) in [5, 5.41) is 5.83. The van der Waals surface area contributed by atoms with E-state index in [1.807, 2.05) is 0 Å². The van der Waals surface area contributed by atoms with Crippen molar-refractivity contribution < 1.29 is 9.59 Å². The molecule has 2 aliphatic rings. The fraction of sp³-hybridized carbons (Fsp3) is 0.833. The molecule has 2 rings (SSSR count). The van der Waals surface area contributed by atoms with E-state index in [4.69, 9.17) is 0 Å². The summed E-state index contributed by atoms with van der Waals surface area (Å²) in [6.45, 7) is 0.148. The number of carbonyl (C=O) groups excluding carboxylic acids is 2. The maximum absolute atomic E-state index is 11.8. The van der Waals surface area contributed by atoms with Gasteiger partial charge in [0.25, 0.3) is 0 Å². The molecule has 2 saturated carbocycles. The number of hydrogen-bond acceptors (Lipinski definition) is 2. The highest BCUT2D eigenvalue weighted by Crippen LogP contribution is 2.18. The first-order valence-corrected chi connectivity index (χ1v) is 6.46. The summed E-state index contributed by atoms with van der Waals surface area (Å²) in [5.74, 6) is -0.0587. The number of likely N-dealkylation sites (N-methyl/N-ethyl adjacent to an activating group) is 1. The smallest absolute Gasteiger partial charge is 0.317 e. The molecule has 3 amide bonds. The van der Waals surface area contributed by atoms with E-state index in [1.165, 1.54) is 17.7 Å². The van der Waals surface area contributed by atoms with Gasteiger partial charge in [0, 0.05) is 19.1 Å². The van der Waals surface area contributed by atoms with Crippen LogP contribution in [-0.2, 0) is 4.79 Å². The van der Waals surface area contributed by atoms with Crippen LogP contribution >= 0.6 is 0 Å². The normalized spacial score (nSPS) is 20.1. The maximum atomic E-state index is 11.8. The van der Waals surface area contributed by atoms with Crippen LogP contribution in [0.25, 0.3) is 0 Å². The SMILES string of the molecule is CN(CC(=O)NC1CC1)C(=O)NC1CCCC1. The molecule has 96 valence electrons. The second-order valence-corrected chi connectivity index (χ2v) is 5.13. The summed E-state index contributed by atoms with van der Waals surface area (Å²) < 4.78 is 0. The highest BCUT2D eigenvalue weighted by molar-refractivity contribution is 5.84. The topological polar surface area (TPSA) is 61.4 Å². The molecule has 5 heteroatoms. The second-order valence-electron chi connectivity index (χ2n) is 5.13. The predicted molar refractivity (Wildman–Crippen MR) is 64.6 cm³/mol. The van der Waals surface area contributed by atoms with Gasteiger partial charge in [-0.1, -0.05) is 12.8 Å². The summed E-state index contributed by atoms with van der Waals surface area (Å²) in [7, 11) is 1.66. The Balaban J connectivity index is 1.67. The molecule has 0 aromatic carbocycles. The Kier molecular flexibility index (Phi) is 3.86. The van der Waals surface area contributed by atoms with Crippen molar-refractivity contribution in [2.24, 2.45) is 0 Å². The first-order valence-electron chi connectivity index (χ1n) is 6.46. The van der Waals surface area contributed by atoms with Gasteiger partial charge in [0.15, 0.2) is 0 Å². The van der Waals surface area contributed by atoms with Gasteiger partial charge in [0.1, 0.15) is 6.54 Å². The molecular formula is C12H21N3O2. The number of nitrogens with one attached hydrogen (secondary N) is 2. The van der Waals surface area contributed by atoms with Gasteiger partial charge in [0.05, 0.1) is 0 Å². The standard InChI is InChI=1S/C12H21N3O2/c1-15(8-11(16)13-10-6-7-10)12(17)14-9-4-2-3-5-9/h9-10H,2-8H2,1H3,(H,13,16)(H,14,17). The van der Waals surface area contributed by atoms with Gasteiger partial charge in [-0.05, 0) is 25.7 Å². The largest absolute Gasteiger partial charge is 0.352 e. The number of urea groups is 1. The Labute approximate surface area is 102 Å². The van der Waals surface area contributed by atoms with E-state index in [-0.39, 0.29) is 18.5 Å². The minimum atomic E-state index is -0.136. The molecule has 0 bridgehead atoms. The van der Waals surface area contributed by atoms with Crippen LogP contribution < -0.4 is 10.6 Å². The third kappa shape index (κ3) is 3.91. The molecule has 5 nitrogen and oxygen atoms in total. The van der Waals surface area contributed by atoms with Crippen LogP contribution in [0.4, 0.5) is 4.79 Å². The number of carbonyl (C=O) groups is 2. The molecule has 17 heavy (non-hydrogen) atoms. The van der Waals surface area contributed by atoms with E-state index in [1.54, 1.807) is 7.05 Å². The van der Waals surface area contributed by atoms with E-state index in [9.17, 15) is 9.59 Å². The van der Waals surface area contributed by atoms with Crippen molar-refractivity contribution in [3.05, 3.63) is 0 Å². The van der Waals surface area contributed by atoms with Gasteiger partial charge in [0.2, 0.25) is 5.91 Å². The van der Waals surface area contributed by atoms with Gasteiger partial charge in [-0.3, -0.25) is 4.79 Å². The highest BCUT2D eigenvalue weighted by Gasteiger charge is 2.25. The van der Waals surface area contributed by atoms with E-state index < -0.39 is 0 Å². The minimum absolute atomic E-state index is 0.0587. The molecule has 2 N–H and O–H groups in total. The van der Waals surface area contributed by atoms with Crippen molar-refractivity contribution in [3.8, 4) is 0 Å². The zero-order chi connectivity index (χ0) is 12.3. The molecule has 2 aliphatic carbocycles. The van der Waals surface area contributed by atoms with Gasteiger partial charge >= 0.3 is 6.03 Å². The van der Waals surface area contributed by atoms with Crippen LogP contribution in [0.1, 0.15) is 38.5 Å². The maximum Gasteiger partial charge on any atom is 0.317 e. The molecule has 0 aliphatic heterocycles. The number of rotatable bonds is 4. The van der Waals surface area contributed by atoms with E-state index in [0.29, 0.717) is 12.1 Å². The average molecular weight is 239 g/mol. The highest BCUT2D eigenvalue weighted by atomic mass is 16.2. The monoisotopic (exact) mass is 239 g/mol. The zero-order valence-corrected chi connectivity index (χ0v) is 10.4. The lowest BCUT2D eigenvalue weighted by Gasteiger charge is -2.20. The summed E-state index contributed by atoms with van der Waals surface area (Å²) in [4.78, 5) is 24.7. The first kappa shape index (κ1) is 12.2. The Morgan fingerprint density at radius 3 is 2.24 bits per heavy atom. The van der Waals surface area contributed by atoms with Crippen molar-refractivity contribution in [3.63, 3.8) is 0 Å². The van der Waals surface area contributed by atoms with Gasteiger partial charge < -0.3 is 15.5 Å². The van der Waals surface area contributed by atoms with Gasteiger partial charge in [-0.15, -0.1) is 0 Å². The Morgan fingerprint density at radius 2 is 1.65 bits per heavy atom. The summed E-state index contributed by atoms with van der Waals surface area (Å²) in [6, 6.07) is 0.521. The predicted octanol–water partition coefficient (Wildman–Crippen LogP) is 0.849. The van der Waals surface area contributed by atoms with E-state index >= 15 is 0 Å². The molecule has 0 spiro atoms. The van der Waals surface area contributed by atoms with Crippen LogP contribution in [0.5, 0.6) is 0 Å². The molecule has 2 fully saturated rings. The third-order valence-electron chi connectivity index (χ3n) is 3.35. The van der Waals surface area contributed by atoms with Crippen molar-refractivity contribution in [1.82, 2.24) is 15.5 Å². The van der Waals surface area contributed by atoms with Crippen LogP contribution in [0.15, 0.2) is 0 Å². The molecule has 0 aromatic heterocycles. The molecule has 0 saturated heterocycles. The first-order chi connectivity index (χ1) is 8.15. The van der Waals surface area contributed by atoms with E-state index in [0.717, 1.165) is 25.7 Å². The Hall–Kier alpha value is -1.26. The van der Waals surface area contributed by atoms with Gasteiger partial charge in [-0.25, -0.2) is 4.79 Å². The van der Waals surface area contributed by atoms with Crippen LogP contribution in [0, 0.1) is 0 Å². The van der Waals surface area contributed by atoms with Crippen LogP contribution in [0.2, 0.25) is 0 Å². The lowest BCUT2D eigenvalue weighted by Crippen LogP contribution is -2.46. The Bertz CT molecular complexity index is 296. The summed E-state index contributed by atoms with van der Waals surface area (Å²) in [6.07, 6.45) is 6.66. The van der Waals surface area contributed by atoms with Crippen molar-refractivity contribution in [2.45, 2.75) is 50.6 Å². The molecule has 0 unspecified atom stereocenters. The summed E-state index contributed by atoms with van der Waals surface area (Å²) in [5.41, 5.74) is 0. The fourth-order valence-corrected chi connectivity index (χ4v) is 2.14. The number of amides is 3. The molecular weight excluding hydrogens is 218 g/mol. The lowest BCUT2D eigenvalue weighted by atomic mass is 10.2. The quantitative estimate of drug-likeness (QED) is 0.764. The molecule has 0 heterocycles. The van der Waals surface area contributed by atoms with Crippen molar-refractivity contribution >= 4 is 11.9 Å². The van der Waals surface area contributed by atoms with Crippen molar-refractivity contribution in [1.29, 1.82) is 0 Å². The Morgan fingerprint density at radius 1 is 1.06 bits per heavy atom. The van der Waals surface area contributed by atoms with Gasteiger partial charge in [-0.2, -0.15) is 0 Å². The second kappa shape index (κ2) is 5.38. The van der Waals surface area contributed by atoms with Crippen LogP contribution in [0.3, 0.4) is 0 Å². The molecule has 0 aromatic rings. The minimum Gasteiger partial charge on any atom is -0.352 e. The number of hydrogen-bond donors (Lipinski definition) is 2. The van der Waals surface area contributed by atoms with Crippen molar-refractivity contribution in [2.75, 3.05) is 13.6 Å². The lowest BCUT2D eigenvalue weighted by molar-refractivity contribution is -0.121. The van der Waals surface area contributed by atoms with E-state index in [2.05, 4.69) is 10.6 Å². The molecule has 0 atom stereocenters. The fourth-order valence-electron chi connectivity index (χ4n) is 2.14. The van der Waals surface area contributed by atoms with Crippen LogP contribution in [-0.4, -0.2) is 42.5 Å². The summed E-state index contributed by atoms with van der Waals surface area (Å²) >= 11 is 0.